The number of hydrogen-bond acceptors (Lipinski definition) is 7. The molecule has 0 bridgehead atoms. The van der Waals surface area contributed by atoms with E-state index in [1.165, 1.54) is 0 Å². The maximum Gasteiger partial charge on any atom is 0.275 e. The van der Waals surface area contributed by atoms with E-state index in [4.69, 9.17) is 9.57 Å². The highest BCUT2D eigenvalue weighted by molar-refractivity contribution is 6.01. The van der Waals surface area contributed by atoms with E-state index >= 15 is 0 Å². The van der Waals surface area contributed by atoms with Crippen LogP contribution in [0.25, 0.3) is 0 Å². The molecule has 0 radical (unpaired) electrons. The molecule has 2 aliphatic heterocycles. The third kappa shape index (κ3) is 4.42. The second-order valence-electron chi connectivity index (χ2n) is 9.91. The highest BCUT2D eigenvalue weighted by Gasteiger charge is 2.50. The third-order valence-corrected chi connectivity index (χ3v) is 7.06. The molecule has 0 atom stereocenters. The van der Waals surface area contributed by atoms with E-state index in [1.807, 2.05) is 74.4 Å². The first-order valence-corrected chi connectivity index (χ1v) is 12.6. The van der Waals surface area contributed by atoms with Gasteiger partial charge in [-0.3, -0.25) is 19.2 Å². The number of hydrogen-bond donors (Lipinski definition) is 3. The Morgan fingerprint density at radius 3 is 2.03 bits per heavy atom. The van der Waals surface area contributed by atoms with Gasteiger partial charge in [0, 0.05) is 99.5 Å². The summed E-state index contributed by atoms with van der Waals surface area (Å²) in [6.45, 7) is 0.176. The minimum atomic E-state index is -1.21. The van der Waals surface area contributed by atoms with Crippen LogP contribution in [0.4, 0.5) is 11.4 Å². The molecule has 0 unspecified atom stereocenters. The maximum atomic E-state index is 13.1. The predicted molar refractivity (Wildman–Crippen MR) is 148 cm³/mol. The van der Waals surface area contributed by atoms with E-state index in [1.54, 1.807) is 25.2 Å². The lowest BCUT2D eigenvalue weighted by atomic mass is 9.75. The Morgan fingerprint density at radius 2 is 1.46 bits per heavy atom. The van der Waals surface area contributed by atoms with Crippen molar-refractivity contribution in [3.8, 4) is 11.5 Å². The average molecular weight is 530 g/mol. The van der Waals surface area contributed by atoms with Gasteiger partial charge in [0.1, 0.15) is 11.5 Å². The topological polar surface area (TPSA) is 112 Å². The van der Waals surface area contributed by atoms with Crippen molar-refractivity contribution in [1.82, 2.24) is 16.1 Å². The molecule has 5 rings (SSSR count). The van der Waals surface area contributed by atoms with Crippen LogP contribution in [0.2, 0.25) is 0 Å². The van der Waals surface area contributed by atoms with Gasteiger partial charge < -0.3 is 25.2 Å². The molecule has 0 aromatic heterocycles. The SMILES string of the molecule is CNC(=O)CCNC(=O)c1ccc2c(c1)C(=O)NOC21c2ccc(N(C)C)cc2Oc2cc(N(C)C)ccc21. The molecule has 10 nitrogen and oxygen atoms in total. The van der Waals surface area contributed by atoms with Crippen molar-refractivity contribution < 1.29 is 24.0 Å². The minimum Gasteiger partial charge on any atom is -0.456 e. The number of amides is 3. The van der Waals surface area contributed by atoms with Crippen molar-refractivity contribution in [3.63, 3.8) is 0 Å². The summed E-state index contributed by atoms with van der Waals surface area (Å²) >= 11 is 0. The largest absolute Gasteiger partial charge is 0.456 e. The van der Waals surface area contributed by atoms with E-state index in [9.17, 15) is 14.4 Å². The van der Waals surface area contributed by atoms with Crippen LogP contribution in [-0.4, -0.2) is 59.5 Å². The molecule has 3 amide bonds. The summed E-state index contributed by atoms with van der Waals surface area (Å²) in [7, 11) is 9.34. The molecule has 3 aromatic rings. The number of fused-ring (bicyclic) bond motifs is 6. The first-order valence-electron chi connectivity index (χ1n) is 12.6. The number of nitrogens with one attached hydrogen (secondary N) is 3. The quantitative estimate of drug-likeness (QED) is 0.450. The highest BCUT2D eigenvalue weighted by atomic mass is 16.7. The monoisotopic (exact) mass is 529 g/mol. The predicted octanol–water partition coefficient (Wildman–Crippen LogP) is 2.76. The summed E-state index contributed by atoms with van der Waals surface area (Å²) in [5.74, 6) is 0.186. The van der Waals surface area contributed by atoms with E-state index in [0.717, 1.165) is 22.5 Å². The van der Waals surface area contributed by atoms with Gasteiger partial charge >= 0.3 is 0 Å². The Bertz CT molecular complexity index is 1430. The Balaban J connectivity index is 1.65. The molecule has 2 aliphatic rings. The molecule has 3 N–H and O–H groups in total. The Labute approximate surface area is 226 Å². The van der Waals surface area contributed by atoms with Crippen LogP contribution in [0.5, 0.6) is 11.5 Å². The fourth-order valence-electron chi connectivity index (χ4n) is 4.92. The number of carbonyl (C=O) groups excluding carboxylic acids is 3. The highest BCUT2D eigenvalue weighted by Crippen LogP contribution is 2.55. The summed E-state index contributed by atoms with van der Waals surface area (Å²) in [5.41, 5.74) is 5.92. The Kier molecular flexibility index (Phi) is 6.65. The van der Waals surface area contributed by atoms with E-state index in [0.29, 0.717) is 28.2 Å². The van der Waals surface area contributed by atoms with Crippen molar-refractivity contribution >= 4 is 29.1 Å². The normalized spacial score (nSPS) is 14.2. The van der Waals surface area contributed by atoms with Crippen LogP contribution in [0, 0.1) is 0 Å². The number of benzene rings is 3. The number of nitrogens with zero attached hydrogens (tertiary/aromatic N) is 2. The van der Waals surface area contributed by atoms with Gasteiger partial charge in [0.2, 0.25) is 5.91 Å². The fourth-order valence-corrected chi connectivity index (χ4v) is 4.92. The summed E-state index contributed by atoms with van der Waals surface area (Å²) in [6, 6.07) is 16.7. The van der Waals surface area contributed by atoms with Gasteiger partial charge in [-0.1, -0.05) is 6.07 Å². The molecular formula is C29H31N5O5. The lowest BCUT2D eigenvalue weighted by Crippen LogP contribution is -2.47. The molecule has 0 saturated carbocycles. The van der Waals surface area contributed by atoms with Crippen molar-refractivity contribution in [2.24, 2.45) is 0 Å². The molecular weight excluding hydrogens is 498 g/mol. The minimum absolute atomic E-state index is 0.155. The fraction of sp³-hybridized carbons (Fsp3) is 0.276. The molecule has 3 aromatic carbocycles. The lowest BCUT2D eigenvalue weighted by Gasteiger charge is -2.43. The van der Waals surface area contributed by atoms with Gasteiger partial charge in [-0.2, -0.15) is 0 Å². The standard InChI is InChI=1S/C29H31N5O5/c1-30-26(35)12-13-31-27(36)17-6-9-21-20(14-17)28(37)32-39-29(21)22-10-7-18(33(2)3)15-24(22)38-25-16-19(34(4)5)8-11-23(25)29/h6-11,14-16H,12-13H2,1-5H3,(H,30,35)(H,31,36)(H,32,37). The average Bonchev–Trinajstić information content (AvgIpc) is 2.93. The van der Waals surface area contributed by atoms with Crippen molar-refractivity contribution in [3.05, 3.63) is 82.4 Å². The van der Waals surface area contributed by atoms with Crippen LogP contribution in [0.1, 0.15) is 43.8 Å². The maximum absolute atomic E-state index is 13.1. The number of carbonyl (C=O) groups is 3. The van der Waals surface area contributed by atoms with Crippen molar-refractivity contribution in [2.75, 3.05) is 51.6 Å². The van der Waals surface area contributed by atoms with Gasteiger partial charge in [-0.05, 0) is 36.4 Å². The first-order chi connectivity index (χ1) is 18.6. The zero-order valence-electron chi connectivity index (χ0n) is 22.5. The Hall–Kier alpha value is -4.57. The molecule has 0 saturated heterocycles. The first kappa shape index (κ1) is 26.1. The summed E-state index contributed by atoms with van der Waals surface area (Å²) in [5, 5.41) is 5.25. The second-order valence-corrected chi connectivity index (χ2v) is 9.91. The van der Waals surface area contributed by atoms with Gasteiger partial charge in [0.25, 0.3) is 11.8 Å². The number of ether oxygens (including phenoxy) is 1. The van der Waals surface area contributed by atoms with Crippen LogP contribution >= 0.6 is 0 Å². The van der Waals surface area contributed by atoms with Crippen molar-refractivity contribution in [2.45, 2.75) is 12.0 Å². The van der Waals surface area contributed by atoms with Crippen LogP contribution in [0.15, 0.2) is 54.6 Å². The molecule has 39 heavy (non-hydrogen) atoms. The van der Waals surface area contributed by atoms with Crippen molar-refractivity contribution in [1.29, 1.82) is 0 Å². The van der Waals surface area contributed by atoms with Crippen LogP contribution in [0.3, 0.4) is 0 Å². The van der Waals surface area contributed by atoms with Crippen LogP contribution < -0.4 is 30.7 Å². The zero-order valence-corrected chi connectivity index (χ0v) is 22.5. The molecule has 2 heterocycles. The van der Waals surface area contributed by atoms with E-state index in [2.05, 4.69) is 16.1 Å². The van der Waals surface area contributed by atoms with Gasteiger partial charge in [-0.15, -0.1) is 0 Å². The van der Waals surface area contributed by atoms with E-state index < -0.39 is 11.5 Å². The summed E-state index contributed by atoms with van der Waals surface area (Å²) in [6.07, 6.45) is 0.155. The second kappa shape index (κ2) is 9.95. The number of rotatable bonds is 6. The molecule has 0 aliphatic carbocycles. The summed E-state index contributed by atoms with van der Waals surface area (Å²) < 4.78 is 6.42. The molecule has 202 valence electrons. The number of hydroxylamine groups is 1. The van der Waals surface area contributed by atoms with Crippen LogP contribution in [-0.2, 0) is 15.2 Å². The van der Waals surface area contributed by atoms with Gasteiger partial charge in [-0.25, -0.2) is 5.48 Å². The summed E-state index contributed by atoms with van der Waals surface area (Å²) in [4.78, 5) is 47.6. The van der Waals surface area contributed by atoms with E-state index in [-0.39, 0.29) is 24.8 Å². The third-order valence-electron chi connectivity index (χ3n) is 7.06. The molecule has 0 fully saturated rings. The number of anilines is 2. The lowest BCUT2D eigenvalue weighted by molar-refractivity contribution is -0.120. The zero-order chi connectivity index (χ0) is 27.9. The molecule has 1 spiro atoms. The Morgan fingerprint density at radius 1 is 0.872 bits per heavy atom. The van der Waals surface area contributed by atoms with Gasteiger partial charge in [0.05, 0.1) is 0 Å². The smallest absolute Gasteiger partial charge is 0.275 e. The van der Waals surface area contributed by atoms with Gasteiger partial charge in [0.15, 0.2) is 5.60 Å². The molecule has 10 heteroatoms.